The number of nitrogens with two attached hydrogens (primary N) is 1. The highest BCUT2D eigenvalue weighted by atomic mass is 35.5. The van der Waals surface area contributed by atoms with Crippen LogP contribution in [0.2, 0.25) is 0 Å². The maximum absolute atomic E-state index is 11.7. The summed E-state index contributed by atoms with van der Waals surface area (Å²) >= 11 is 0. The van der Waals surface area contributed by atoms with Gasteiger partial charge in [0, 0.05) is 24.9 Å². The number of piperidine rings is 1. The van der Waals surface area contributed by atoms with Crippen molar-refractivity contribution in [1.82, 2.24) is 4.90 Å². The number of likely N-dealkylation sites (tertiary alicyclic amines) is 1. The lowest BCUT2D eigenvalue weighted by molar-refractivity contribution is 0.113. The lowest BCUT2D eigenvalue weighted by Crippen LogP contribution is -2.50. The summed E-state index contributed by atoms with van der Waals surface area (Å²) < 4.78 is 23.4. The molecule has 1 heterocycles. The van der Waals surface area contributed by atoms with Crippen LogP contribution in [0, 0.1) is 5.92 Å². The van der Waals surface area contributed by atoms with Crippen LogP contribution in [0.15, 0.2) is 0 Å². The molecule has 110 valence electrons. The van der Waals surface area contributed by atoms with Gasteiger partial charge in [-0.1, -0.05) is 13.8 Å². The Morgan fingerprint density at radius 2 is 2.00 bits per heavy atom. The minimum atomic E-state index is -2.86. The van der Waals surface area contributed by atoms with Gasteiger partial charge in [-0.2, -0.15) is 0 Å². The van der Waals surface area contributed by atoms with Crippen molar-refractivity contribution in [2.75, 3.05) is 31.1 Å². The molecule has 0 radical (unpaired) electrons. The maximum Gasteiger partial charge on any atom is 0.151 e. The second kappa shape index (κ2) is 8.35. The zero-order valence-electron chi connectivity index (χ0n) is 11.5. The molecule has 0 bridgehead atoms. The van der Waals surface area contributed by atoms with Gasteiger partial charge in [0.05, 0.1) is 5.75 Å². The van der Waals surface area contributed by atoms with Crippen molar-refractivity contribution < 1.29 is 8.42 Å². The first-order valence-corrected chi connectivity index (χ1v) is 8.47. The number of hydrogen-bond donors (Lipinski definition) is 1. The lowest BCUT2D eigenvalue weighted by atomic mass is 9.91. The van der Waals surface area contributed by atoms with Gasteiger partial charge < -0.3 is 5.73 Å². The molecule has 0 amide bonds. The summed E-state index contributed by atoms with van der Waals surface area (Å²) in [5, 5.41) is 0. The fourth-order valence-corrected chi connectivity index (χ4v) is 4.00. The highest BCUT2D eigenvalue weighted by Crippen LogP contribution is 2.22. The normalized spacial score (nSPS) is 25.7. The first kappa shape index (κ1) is 18.2. The second-order valence-electron chi connectivity index (χ2n) is 5.11. The van der Waals surface area contributed by atoms with E-state index < -0.39 is 9.84 Å². The number of halogens is 1. The molecule has 2 N–H and O–H groups in total. The molecule has 0 saturated carbocycles. The largest absolute Gasteiger partial charge is 0.329 e. The minimum Gasteiger partial charge on any atom is -0.329 e. The quantitative estimate of drug-likeness (QED) is 0.803. The van der Waals surface area contributed by atoms with Gasteiger partial charge in [-0.05, 0) is 31.7 Å². The number of rotatable bonds is 6. The van der Waals surface area contributed by atoms with E-state index in [-0.39, 0.29) is 18.2 Å². The first-order valence-electron chi connectivity index (χ1n) is 6.64. The first-order chi connectivity index (χ1) is 8.00. The highest BCUT2D eigenvalue weighted by molar-refractivity contribution is 7.91. The Bertz CT molecular complexity index is 322. The zero-order chi connectivity index (χ0) is 12.9. The van der Waals surface area contributed by atoms with E-state index in [1.54, 1.807) is 0 Å². The van der Waals surface area contributed by atoms with Crippen molar-refractivity contribution >= 4 is 22.2 Å². The van der Waals surface area contributed by atoms with E-state index in [9.17, 15) is 8.42 Å². The monoisotopic (exact) mass is 298 g/mol. The summed E-state index contributed by atoms with van der Waals surface area (Å²) in [5.74, 6) is 1.18. The Kier molecular flexibility index (Phi) is 8.43. The minimum absolute atomic E-state index is 0. The SMILES string of the molecule is CCCS(=O)(=O)CCN1CCCC(C)C1CN.Cl. The van der Waals surface area contributed by atoms with E-state index in [0.29, 0.717) is 37.2 Å². The van der Waals surface area contributed by atoms with Crippen LogP contribution >= 0.6 is 12.4 Å². The van der Waals surface area contributed by atoms with E-state index in [1.807, 2.05) is 6.92 Å². The third-order valence-corrected chi connectivity index (χ3v) is 5.51. The summed E-state index contributed by atoms with van der Waals surface area (Å²) in [6, 6.07) is 0.362. The predicted octanol–water partition coefficient (Wildman–Crippen LogP) is 1.29. The molecule has 0 aliphatic carbocycles. The Morgan fingerprint density at radius 1 is 1.33 bits per heavy atom. The average molecular weight is 299 g/mol. The Hall–Kier alpha value is 0.160. The van der Waals surface area contributed by atoms with Gasteiger partial charge in [-0.3, -0.25) is 4.90 Å². The topological polar surface area (TPSA) is 63.4 Å². The average Bonchev–Trinajstić information content (AvgIpc) is 2.26. The molecule has 0 aromatic carbocycles. The molecular formula is C12H27ClN2O2S. The van der Waals surface area contributed by atoms with Crippen LogP contribution in [0.5, 0.6) is 0 Å². The number of nitrogens with zero attached hydrogens (tertiary/aromatic N) is 1. The smallest absolute Gasteiger partial charge is 0.151 e. The molecule has 6 heteroatoms. The van der Waals surface area contributed by atoms with Crippen molar-refractivity contribution in [2.45, 2.75) is 39.2 Å². The van der Waals surface area contributed by atoms with Crippen LogP contribution < -0.4 is 5.73 Å². The van der Waals surface area contributed by atoms with Crippen molar-refractivity contribution in [2.24, 2.45) is 11.7 Å². The molecular weight excluding hydrogens is 272 g/mol. The summed E-state index contributed by atoms with van der Waals surface area (Å²) in [4.78, 5) is 2.27. The molecule has 4 nitrogen and oxygen atoms in total. The van der Waals surface area contributed by atoms with Crippen LogP contribution in [0.25, 0.3) is 0 Å². The van der Waals surface area contributed by atoms with Crippen molar-refractivity contribution in [3.8, 4) is 0 Å². The van der Waals surface area contributed by atoms with Gasteiger partial charge in [-0.15, -0.1) is 12.4 Å². The lowest BCUT2D eigenvalue weighted by Gasteiger charge is -2.39. The van der Waals surface area contributed by atoms with E-state index in [2.05, 4.69) is 11.8 Å². The van der Waals surface area contributed by atoms with Gasteiger partial charge in [0.25, 0.3) is 0 Å². The molecule has 2 atom stereocenters. The molecule has 0 aromatic rings. The fourth-order valence-electron chi connectivity index (χ4n) is 2.66. The van der Waals surface area contributed by atoms with Crippen LogP contribution in [0.4, 0.5) is 0 Å². The maximum atomic E-state index is 11.7. The van der Waals surface area contributed by atoms with E-state index in [1.165, 1.54) is 6.42 Å². The molecule has 1 aliphatic rings. The fraction of sp³-hybridized carbons (Fsp3) is 1.00. The molecule has 1 aliphatic heterocycles. The van der Waals surface area contributed by atoms with Gasteiger partial charge in [-0.25, -0.2) is 8.42 Å². The predicted molar refractivity (Wildman–Crippen MR) is 79.0 cm³/mol. The van der Waals surface area contributed by atoms with Crippen LogP contribution in [0.1, 0.15) is 33.1 Å². The standard InChI is InChI=1S/C12H26N2O2S.ClH/c1-3-8-17(15,16)9-7-14-6-4-5-11(2)12(14)10-13;/h11-12H,3-10,13H2,1-2H3;1H. The Labute approximate surface area is 118 Å². The summed E-state index contributed by atoms with van der Waals surface area (Å²) in [6.07, 6.45) is 3.07. The number of sulfone groups is 1. The van der Waals surface area contributed by atoms with Gasteiger partial charge in [0.1, 0.15) is 0 Å². The molecule has 0 aromatic heterocycles. The van der Waals surface area contributed by atoms with Gasteiger partial charge >= 0.3 is 0 Å². The number of hydrogen-bond acceptors (Lipinski definition) is 4. The molecule has 1 rings (SSSR count). The summed E-state index contributed by atoms with van der Waals surface area (Å²) in [5.41, 5.74) is 5.79. The van der Waals surface area contributed by atoms with E-state index >= 15 is 0 Å². The summed E-state index contributed by atoms with van der Waals surface area (Å²) in [7, 11) is -2.86. The zero-order valence-corrected chi connectivity index (χ0v) is 13.1. The second-order valence-corrected chi connectivity index (χ2v) is 7.41. The summed E-state index contributed by atoms with van der Waals surface area (Å²) in [6.45, 7) is 6.39. The molecule has 1 saturated heterocycles. The molecule has 18 heavy (non-hydrogen) atoms. The van der Waals surface area contributed by atoms with Gasteiger partial charge in [0.2, 0.25) is 0 Å². The third kappa shape index (κ3) is 5.43. The van der Waals surface area contributed by atoms with E-state index in [4.69, 9.17) is 5.73 Å². The van der Waals surface area contributed by atoms with Crippen molar-refractivity contribution in [3.05, 3.63) is 0 Å². The van der Waals surface area contributed by atoms with Crippen LogP contribution in [-0.2, 0) is 9.84 Å². The third-order valence-electron chi connectivity index (χ3n) is 3.68. The van der Waals surface area contributed by atoms with Crippen molar-refractivity contribution in [1.29, 1.82) is 0 Å². The van der Waals surface area contributed by atoms with Gasteiger partial charge in [0.15, 0.2) is 9.84 Å². The molecule has 0 spiro atoms. The highest BCUT2D eigenvalue weighted by Gasteiger charge is 2.27. The Morgan fingerprint density at radius 3 is 2.56 bits per heavy atom. The van der Waals surface area contributed by atoms with E-state index in [0.717, 1.165) is 13.0 Å². The van der Waals surface area contributed by atoms with Crippen LogP contribution in [0.3, 0.4) is 0 Å². The molecule has 1 fully saturated rings. The molecule has 2 unspecified atom stereocenters. The Balaban J connectivity index is 0.00000289. The van der Waals surface area contributed by atoms with Crippen molar-refractivity contribution in [3.63, 3.8) is 0 Å². The van der Waals surface area contributed by atoms with Crippen LogP contribution in [-0.4, -0.2) is 50.5 Å².